The van der Waals surface area contributed by atoms with E-state index in [2.05, 4.69) is 20.4 Å². The van der Waals surface area contributed by atoms with Crippen molar-refractivity contribution in [3.05, 3.63) is 42.8 Å². The summed E-state index contributed by atoms with van der Waals surface area (Å²) < 4.78 is 7.36. The predicted molar refractivity (Wildman–Crippen MR) is 84.6 cm³/mol. The van der Waals surface area contributed by atoms with E-state index in [1.165, 1.54) is 6.33 Å². The standard InChI is InChI=1S/C16H19N5O2/c22-15(7-4-10-21-12-17-11-19-21)18-9-3-8-16-20-13-5-1-2-6-14(13)23-16/h1-2,5-6,11-12H,3-4,7-10H2,(H,18,22). The Balaban J connectivity index is 1.32. The minimum Gasteiger partial charge on any atom is -0.441 e. The molecule has 7 nitrogen and oxygen atoms in total. The van der Waals surface area contributed by atoms with Crippen LogP contribution in [0.2, 0.25) is 0 Å². The van der Waals surface area contributed by atoms with Gasteiger partial charge in [0.1, 0.15) is 18.2 Å². The summed E-state index contributed by atoms with van der Waals surface area (Å²) in [5.41, 5.74) is 1.68. The Kier molecular flexibility index (Phi) is 4.98. The summed E-state index contributed by atoms with van der Waals surface area (Å²) in [5.74, 6) is 0.773. The fourth-order valence-electron chi connectivity index (χ4n) is 2.33. The normalized spacial score (nSPS) is 11.0. The van der Waals surface area contributed by atoms with Crippen LogP contribution in [0.25, 0.3) is 11.1 Å². The molecule has 2 aromatic heterocycles. The van der Waals surface area contributed by atoms with Gasteiger partial charge in [-0.2, -0.15) is 5.10 Å². The molecular weight excluding hydrogens is 294 g/mol. The fourth-order valence-corrected chi connectivity index (χ4v) is 2.33. The second-order valence-corrected chi connectivity index (χ2v) is 5.29. The summed E-state index contributed by atoms with van der Waals surface area (Å²) in [6, 6.07) is 7.70. The molecule has 120 valence electrons. The summed E-state index contributed by atoms with van der Waals surface area (Å²) >= 11 is 0. The molecule has 0 unspecified atom stereocenters. The molecule has 1 N–H and O–H groups in total. The Bertz CT molecular complexity index is 718. The molecule has 2 heterocycles. The number of hydrogen-bond acceptors (Lipinski definition) is 5. The maximum atomic E-state index is 11.7. The van der Waals surface area contributed by atoms with E-state index in [-0.39, 0.29) is 5.91 Å². The highest BCUT2D eigenvalue weighted by Crippen LogP contribution is 2.15. The number of hydrogen-bond donors (Lipinski definition) is 1. The number of nitrogens with zero attached hydrogens (tertiary/aromatic N) is 4. The monoisotopic (exact) mass is 313 g/mol. The molecule has 3 rings (SSSR count). The van der Waals surface area contributed by atoms with Crippen molar-refractivity contribution in [3.63, 3.8) is 0 Å². The molecule has 1 aromatic carbocycles. The highest BCUT2D eigenvalue weighted by Gasteiger charge is 2.05. The smallest absolute Gasteiger partial charge is 0.220 e. The van der Waals surface area contributed by atoms with E-state index >= 15 is 0 Å². The number of nitrogens with one attached hydrogen (secondary N) is 1. The van der Waals surface area contributed by atoms with Crippen molar-refractivity contribution in [2.45, 2.75) is 32.2 Å². The first-order valence-corrected chi connectivity index (χ1v) is 7.75. The average molecular weight is 313 g/mol. The molecule has 0 bridgehead atoms. The minimum atomic E-state index is 0.0580. The van der Waals surface area contributed by atoms with Crippen molar-refractivity contribution in [1.29, 1.82) is 0 Å². The second-order valence-electron chi connectivity index (χ2n) is 5.29. The number of carbonyl (C=O) groups is 1. The molecule has 1 amide bonds. The largest absolute Gasteiger partial charge is 0.441 e. The minimum absolute atomic E-state index is 0.0580. The molecule has 23 heavy (non-hydrogen) atoms. The molecule has 7 heteroatoms. The zero-order valence-corrected chi connectivity index (χ0v) is 12.8. The number of para-hydroxylation sites is 2. The Morgan fingerprint density at radius 3 is 3.00 bits per heavy atom. The summed E-state index contributed by atoms with van der Waals surface area (Å²) in [6.45, 7) is 1.33. The molecule has 0 aliphatic carbocycles. The van der Waals surface area contributed by atoms with Gasteiger partial charge in [0.25, 0.3) is 0 Å². The van der Waals surface area contributed by atoms with Crippen molar-refractivity contribution in [2.24, 2.45) is 0 Å². The van der Waals surface area contributed by atoms with Gasteiger partial charge in [0.2, 0.25) is 5.91 Å². The van der Waals surface area contributed by atoms with Gasteiger partial charge in [0.05, 0.1) is 0 Å². The third-order valence-electron chi connectivity index (χ3n) is 3.49. The number of aromatic nitrogens is 4. The van der Waals surface area contributed by atoms with Crippen LogP contribution in [-0.2, 0) is 17.8 Å². The number of carbonyl (C=O) groups excluding carboxylic acids is 1. The van der Waals surface area contributed by atoms with Gasteiger partial charge in [-0.1, -0.05) is 12.1 Å². The van der Waals surface area contributed by atoms with Crippen molar-refractivity contribution >= 4 is 17.0 Å². The Hall–Kier alpha value is -2.70. The first-order chi connectivity index (χ1) is 11.3. The highest BCUT2D eigenvalue weighted by molar-refractivity contribution is 5.75. The van der Waals surface area contributed by atoms with E-state index in [0.717, 1.165) is 23.9 Å². The first kappa shape index (κ1) is 15.2. The zero-order chi connectivity index (χ0) is 15.9. The maximum Gasteiger partial charge on any atom is 0.220 e. The second kappa shape index (κ2) is 7.53. The van der Waals surface area contributed by atoms with E-state index < -0.39 is 0 Å². The van der Waals surface area contributed by atoms with Crippen molar-refractivity contribution in [1.82, 2.24) is 25.1 Å². The van der Waals surface area contributed by atoms with Gasteiger partial charge in [-0.05, 0) is 25.0 Å². The molecule has 0 fully saturated rings. The van der Waals surface area contributed by atoms with Crippen LogP contribution in [0.5, 0.6) is 0 Å². The van der Waals surface area contributed by atoms with Crippen molar-refractivity contribution in [3.8, 4) is 0 Å². The molecule has 0 aliphatic rings. The van der Waals surface area contributed by atoms with E-state index in [4.69, 9.17) is 4.42 Å². The van der Waals surface area contributed by atoms with Gasteiger partial charge in [-0.3, -0.25) is 9.48 Å². The van der Waals surface area contributed by atoms with Crippen LogP contribution in [0.15, 0.2) is 41.3 Å². The van der Waals surface area contributed by atoms with Gasteiger partial charge < -0.3 is 9.73 Å². The lowest BCUT2D eigenvalue weighted by atomic mass is 10.2. The van der Waals surface area contributed by atoms with E-state index in [0.29, 0.717) is 31.8 Å². The molecule has 0 saturated carbocycles. The summed E-state index contributed by atoms with van der Waals surface area (Å²) in [5, 5.41) is 6.91. The molecule has 0 aliphatic heterocycles. The fraction of sp³-hybridized carbons (Fsp3) is 0.375. The molecule has 0 saturated heterocycles. The van der Waals surface area contributed by atoms with Crippen molar-refractivity contribution in [2.75, 3.05) is 6.54 Å². The van der Waals surface area contributed by atoms with Crippen LogP contribution in [0, 0.1) is 0 Å². The number of benzene rings is 1. The number of fused-ring (bicyclic) bond motifs is 1. The quantitative estimate of drug-likeness (QED) is 0.642. The van der Waals surface area contributed by atoms with Crippen LogP contribution in [0.4, 0.5) is 0 Å². The van der Waals surface area contributed by atoms with Crippen LogP contribution in [0.3, 0.4) is 0 Å². The first-order valence-electron chi connectivity index (χ1n) is 7.75. The summed E-state index contributed by atoms with van der Waals surface area (Å²) in [7, 11) is 0. The third kappa shape index (κ3) is 4.38. The van der Waals surface area contributed by atoms with Gasteiger partial charge in [-0.15, -0.1) is 0 Å². The Morgan fingerprint density at radius 1 is 1.26 bits per heavy atom. The predicted octanol–water partition coefficient (Wildman–Crippen LogP) is 1.95. The number of oxazole rings is 1. The maximum absolute atomic E-state index is 11.7. The molecule has 3 aromatic rings. The van der Waals surface area contributed by atoms with Crippen LogP contribution < -0.4 is 5.32 Å². The van der Waals surface area contributed by atoms with Gasteiger partial charge >= 0.3 is 0 Å². The summed E-state index contributed by atoms with van der Waals surface area (Å²) in [6.07, 6.45) is 5.91. The Labute approximate surface area is 133 Å². The summed E-state index contributed by atoms with van der Waals surface area (Å²) in [4.78, 5) is 20.0. The zero-order valence-electron chi connectivity index (χ0n) is 12.8. The van der Waals surface area contributed by atoms with E-state index in [1.54, 1.807) is 11.0 Å². The van der Waals surface area contributed by atoms with E-state index in [1.807, 2.05) is 24.3 Å². The van der Waals surface area contributed by atoms with Gasteiger partial charge in [0, 0.05) is 25.9 Å². The topological polar surface area (TPSA) is 85.8 Å². The van der Waals surface area contributed by atoms with Crippen LogP contribution >= 0.6 is 0 Å². The number of rotatable bonds is 8. The lowest BCUT2D eigenvalue weighted by Crippen LogP contribution is -2.24. The van der Waals surface area contributed by atoms with Gasteiger partial charge in [0.15, 0.2) is 11.5 Å². The van der Waals surface area contributed by atoms with Gasteiger partial charge in [-0.25, -0.2) is 9.97 Å². The SMILES string of the molecule is O=C(CCCn1cncn1)NCCCc1nc2ccccc2o1. The lowest BCUT2D eigenvalue weighted by molar-refractivity contribution is -0.121. The molecule has 0 radical (unpaired) electrons. The third-order valence-corrected chi connectivity index (χ3v) is 3.49. The molecule has 0 spiro atoms. The Morgan fingerprint density at radius 2 is 2.17 bits per heavy atom. The molecule has 0 atom stereocenters. The van der Waals surface area contributed by atoms with Crippen molar-refractivity contribution < 1.29 is 9.21 Å². The number of aryl methyl sites for hydroxylation is 2. The van der Waals surface area contributed by atoms with Crippen LogP contribution in [0.1, 0.15) is 25.2 Å². The average Bonchev–Trinajstić information content (AvgIpc) is 3.20. The van der Waals surface area contributed by atoms with E-state index in [9.17, 15) is 4.79 Å². The number of amides is 1. The highest BCUT2D eigenvalue weighted by atomic mass is 16.3. The lowest BCUT2D eigenvalue weighted by Gasteiger charge is -2.04. The molecular formula is C16H19N5O2. The van der Waals surface area contributed by atoms with Crippen LogP contribution in [-0.4, -0.2) is 32.2 Å².